The zero-order valence-electron chi connectivity index (χ0n) is 12.7. The summed E-state index contributed by atoms with van der Waals surface area (Å²) in [6.45, 7) is 1.59. The number of nitrogens with one attached hydrogen (secondary N) is 1. The summed E-state index contributed by atoms with van der Waals surface area (Å²) < 4.78 is 17.8. The highest BCUT2D eigenvalue weighted by molar-refractivity contribution is 5.67. The second kappa shape index (κ2) is 8.42. The number of carbonyl (C=O) groups excluding carboxylic acids is 1. The molecule has 23 heavy (non-hydrogen) atoms. The van der Waals surface area contributed by atoms with E-state index >= 15 is 0 Å². The molecule has 0 unspecified atom stereocenters. The zero-order valence-corrected chi connectivity index (χ0v) is 12.7. The highest BCUT2D eigenvalue weighted by Gasteiger charge is 2.22. The number of non-ortho nitro benzene ring substituents is 1. The molecule has 1 aromatic carbocycles. The van der Waals surface area contributed by atoms with Gasteiger partial charge in [0.05, 0.1) is 11.5 Å². The Bertz CT molecular complexity index is 532. The van der Waals surface area contributed by atoms with Gasteiger partial charge < -0.3 is 15.0 Å². The monoisotopic (exact) mass is 325 g/mol. The van der Waals surface area contributed by atoms with Crippen LogP contribution in [0.4, 0.5) is 14.9 Å². The topological polar surface area (TPSA) is 84.7 Å². The van der Waals surface area contributed by atoms with Crippen molar-refractivity contribution in [3.05, 3.63) is 39.9 Å². The van der Waals surface area contributed by atoms with Gasteiger partial charge in [0.15, 0.2) is 0 Å². The minimum absolute atomic E-state index is 0.00251. The summed E-state index contributed by atoms with van der Waals surface area (Å²) in [7, 11) is 0. The van der Waals surface area contributed by atoms with E-state index in [0.29, 0.717) is 18.0 Å². The Labute approximate surface area is 133 Å². The number of nitrogens with zero attached hydrogens (tertiary/aromatic N) is 2. The van der Waals surface area contributed by atoms with Crippen LogP contribution in [0.5, 0.6) is 0 Å². The largest absolute Gasteiger partial charge is 0.445 e. The zero-order chi connectivity index (χ0) is 16.7. The third kappa shape index (κ3) is 5.17. The maximum Gasteiger partial charge on any atom is 0.410 e. The molecule has 0 spiro atoms. The Morgan fingerprint density at radius 1 is 1.43 bits per heavy atom. The van der Waals surface area contributed by atoms with Gasteiger partial charge in [-0.1, -0.05) is 0 Å². The van der Waals surface area contributed by atoms with Crippen LogP contribution in [0.15, 0.2) is 24.3 Å². The predicted octanol–water partition coefficient (Wildman–Crippen LogP) is 2.11. The standard InChI is InChI=1S/C15H20FN3O4/c16-6-8-18(10-13-5-7-17-9-13)15(20)23-11-12-1-3-14(4-2-12)19(21)22/h1-4,13,17H,5-11H2/t13-/m0/s1. The van der Waals surface area contributed by atoms with Gasteiger partial charge in [-0.25, -0.2) is 9.18 Å². The van der Waals surface area contributed by atoms with E-state index < -0.39 is 17.7 Å². The van der Waals surface area contributed by atoms with E-state index in [1.807, 2.05) is 0 Å². The van der Waals surface area contributed by atoms with Gasteiger partial charge in [0.25, 0.3) is 5.69 Å². The van der Waals surface area contributed by atoms with E-state index in [-0.39, 0.29) is 18.8 Å². The molecule has 1 aromatic rings. The molecule has 1 atom stereocenters. The first-order valence-electron chi connectivity index (χ1n) is 7.52. The van der Waals surface area contributed by atoms with Crippen LogP contribution in [0, 0.1) is 16.0 Å². The Kier molecular flexibility index (Phi) is 6.28. The van der Waals surface area contributed by atoms with Gasteiger partial charge in [-0.15, -0.1) is 0 Å². The van der Waals surface area contributed by atoms with E-state index in [2.05, 4.69) is 5.32 Å². The molecule has 7 nitrogen and oxygen atoms in total. The van der Waals surface area contributed by atoms with Crippen LogP contribution in [-0.2, 0) is 11.3 Å². The maximum absolute atomic E-state index is 12.6. The summed E-state index contributed by atoms with van der Waals surface area (Å²) in [5.74, 6) is 0.313. The number of benzene rings is 1. The Balaban J connectivity index is 1.86. The highest BCUT2D eigenvalue weighted by atomic mass is 19.1. The molecule has 8 heteroatoms. The minimum atomic E-state index is -0.618. The number of nitro benzene ring substituents is 1. The van der Waals surface area contributed by atoms with E-state index in [0.717, 1.165) is 19.5 Å². The Morgan fingerprint density at radius 3 is 2.74 bits per heavy atom. The van der Waals surface area contributed by atoms with Crippen LogP contribution in [-0.4, -0.2) is 48.8 Å². The van der Waals surface area contributed by atoms with Gasteiger partial charge in [-0.05, 0) is 43.1 Å². The molecule has 2 rings (SSSR count). The van der Waals surface area contributed by atoms with E-state index in [1.54, 1.807) is 0 Å². The number of amides is 1. The fourth-order valence-corrected chi connectivity index (χ4v) is 2.49. The van der Waals surface area contributed by atoms with Crippen molar-refractivity contribution in [3.8, 4) is 0 Å². The second-order valence-electron chi connectivity index (χ2n) is 5.47. The fourth-order valence-electron chi connectivity index (χ4n) is 2.49. The number of nitro groups is 1. The summed E-state index contributed by atoms with van der Waals surface area (Å²) in [5, 5.41) is 13.8. The average molecular weight is 325 g/mol. The third-order valence-corrected chi connectivity index (χ3v) is 3.76. The van der Waals surface area contributed by atoms with Gasteiger partial charge in [-0.3, -0.25) is 10.1 Å². The summed E-state index contributed by atoms with van der Waals surface area (Å²) in [6, 6.07) is 5.77. The average Bonchev–Trinajstić information content (AvgIpc) is 3.05. The Morgan fingerprint density at radius 2 is 2.17 bits per heavy atom. The van der Waals surface area contributed by atoms with Gasteiger partial charge in [0, 0.05) is 18.7 Å². The van der Waals surface area contributed by atoms with Crippen molar-refractivity contribution in [2.75, 3.05) is 32.9 Å². The molecule has 126 valence electrons. The van der Waals surface area contributed by atoms with Gasteiger partial charge >= 0.3 is 6.09 Å². The second-order valence-corrected chi connectivity index (χ2v) is 5.47. The molecule has 1 amide bonds. The molecule has 1 saturated heterocycles. The lowest BCUT2D eigenvalue weighted by molar-refractivity contribution is -0.384. The predicted molar refractivity (Wildman–Crippen MR) is 81.8 cm³/mol. The molecule has 1 aliphatic heterocycles. The number of halogens is 1. The first kappa shape index (κ1) is 17.1. The molecule has 0 radical (unpaired) electrons. The first-order chi connectivity index (χ1) is 11.1. The quantitative estimate of drug-likeness (QED) is 0.613. The molecule has 1 heterocycles. The lowest BCUT2D eigenvalue weighted by Gasteiger charge is -2.23. The lowest BCUT2D eigenvalue weighted by atomic mass is 10.1. The van der Waals surface area contributed by atoms with Crippen LogP contribution in [0.25, 0.3) is 0 Å². The van der Waals surface area contributed by atoms with Crippen molar-refractivity contribution in [2.45, 2.75) is 13.0 Å². The summed E-state index contributed by atoms with van der Waals surface area (Å²) in [4.78, 5) is 23.5. The number of rotatable bonds is 7. The molecule has 0 bridgehead atoms. The van der Waals surface area contributed by atoms with Crippen molar-refractivity contribution in [1.29, 1.82) is 0 Å². The SMILES string of the molecule is O=C(OCc1ccc([N+](=O)[O-])cc1)N(CCF)C[C@H]1CCNC1. The minimum Gasteiger partial charge on any atom is -0.445 e. The van der Waals surface area contributed by atoms with Crippen molar-refractivity contribution < 1.29 is 18.8 Å². The van der Waals surface area contributed by atoms with Crippen LogP contribution < -0.4 is 5.32 Å². The number of carbonyl (C=O) groups is 1. The number of alkyl halides is 1. The van der Waals surface area contributed by atoms with Crippen LogP contribution in [0.1, 0.15) is 12.0 Å². The molecule has 0 saturated carbocycles. The maximum atomic E-state index is 12.6. The fraction of sp³-hybridized carbons (Fsp3) is 0.533. The van der Waals surface area contributed by atoms with E-state index in [9.17, 15) is 19.3 Å². The molecule has 0 aliphatic carbocycles. The number of hydrogen-bond acceptors (Lipinski definition) is 5. The van der Waals surface area contributed by atoms with Crippen molar-refractivity contribution in [3.63, 3.8) is 0 Å². The summed E-state index contributed by atoms with van der Waals surface area (Å²) >= 11 is 0. The van der Waals surface area contributed by atoms with Crippen molar-refractivity contribution in [1.82, 2.24) is 10.2 Å². The first-order valence-corrected chi connectivity index (χ1v) is 7.52. The lowest BCUT2D eigenvalue weighted by Crippen LogP contribution is -2.37. The van der Waals surface area contributed by atoms with E-state index in [1.165, 1.54) is 29.2 Å². The molecular weight excluding hydrogens is 305 g/mol. The normalized spacial score (nSPS) is 17.0. The third-order valence-electron chi connectivity index (χ3n) is 3.76. The molecule has 1 N–H and O–H groups in total. The van der Waals surface area contributed by atoms with Gasteiger partial charge in [0.2, 0.25) is 0 Å². The number of ether oxygens (including phenoxy) is 1. The van der Waals surface area contributed by atoms with Crippen molar-refractivity contribution >= 4 is 11.8 Å². The van der Waals surface area contributed by atoms with Gasteiger partial charge in [0.1, 0.15) is 13.3 Å². The van der Waals surface area contributed by atoms with Crippen molar-refractivity contribution in [2.24, 2.45) is 5.92 Å². The molecule has 0 aromatic heterocycles. The molecule has 1 aliphatic rings. The molecular formula is C15H20FN3O4. The smallest absolute Gasteiger partial charge is 0.410 e. The highest BCUT2D eigenvalue weighted by Crippen LogP contribution is 2.14. The van der Waals surface area contributed by atoms with Gasteiger partial charge in [-0.2, -0.15) is 0 Å². The Hall–Kier alpha value is -2.22. The van der Waals surface area contributed by atoms with Crippen LogP contribution >= 0.6 is 0 Å². The summed E-state index contributed by atoms with van der Waals surface area (Å²) in [5.41, 5.74) is 0.625. The van der Waals surface area contributed by atoms with Crippen LogP contribution in [0.2, 0.25) is 0 Å². The van der Waals surface area contributed by atoms with Crippen LogP contribution in [0.3, 0.4) is 0 Å². The van der Waals surface area contributed by atoms with E-state index in [4.69, 9.17) is 4.74 Å². The summed E-state index contributed by atoms with van der Waals surface area (Å²) in [6.07, 6.45) is 0.395. The number of hydrogen-bond donors (Lipinski definition) is 1. The molecule has 1 fully saturated rings.